The van der Waals surface area contributed by atoms with Crippen molar-refractivity contribution in [3.05, 3.63) is 70.9 Å². The molecule has 8 nitrogen and oxygen atoms in total. The number of aliphatic hydroxyl groups excluding tert-OH is 1. The van der Waals surface area contributed by atoms with E-state index in [0.29, 0.717) is 11.1 Å². The Labute approximate surface area is 236 Å². The number of hydrogen-bond donors (Lipinski definition) is 1. The Morgan fingerprint density at radius 2 is 1.57 bits per heavy atom. The van der Waals surface area contributed by atoms with Crippen molar-refractivity contribution in [1.29, 1.82) is 0 Å². The molecule has 15 heteroatoms. The van der Waals surface area contributed by atoms with Crippen LogP contribution in [0, 0.1) is 13.8 Å². The van der Waals surface area contributed by atoms with Crippen LogP contribution in [-0.4, -0.2) is 58.6 Å². The largest absolute Gasteiger partial charge is 0.435 e. The SMILES string of the molecule is Cc1ccc(OP(=S)(OC[C@@]2(C(F)F)O[C@@H](N3C=C(Cl)C(=O)CC3=O)[C@H](O)C2(F)F)Oc2ccc(C)cc2)cc1. The van der Waals surface area contributed by atoms with E-state index in [2.05, 4.69) is 0 Å². The third-order valence-electron chi connectivity index (χ3n) is 6.20. The maximum absolute atomic E-state index is 15.4. The molecule has 1 fully saturated rings. The number of carbonyl (C=O) groups excluding carboxylic acids is 2. The van der Waals surface area contributed by atoms with Gasteiger partial charge >= 0.3 is 12.6 Å². The van der Waals surface area contributed by atoms with Gasteiger partial charge in [-0.25, -0.2) is 8.78 Å². The molecule has 0 bridgehead atoms. The Hall–Kier alpha value is -2.54. The second-order valence-electron chi connectivity index (χ2n) is 9.17. The maximum atomic E-state index is 15.4. The third kappa shape index (κ3) is 5.90. The number of amides is 1. The standard InChI is InChI=1S/C25H23ClF4NO7PS/c1-14-3-7-16(8-4-14)37-39(40,38-17-9-5-15(2)6-10-17)35-13-24(23(27)28)25(29,30)21(34)22(36-24)31-12-18(26)19(32)11-20(31)33/h3-10,12,21-23,34H,11,13H2,1-2H3/t21-,22+,24-/m0/s1. The summed E-state index contributed by atoms with van der Waals surface area (Å²) in [5.74, 6) is -6.34. The van der Waals surface area contributed by atoms with Gasteiger partial charge in [-0.15, -0.1) is 0 Å². The van der Waals surface area contributed by atoms with Crippen molar-refractivity contribution in [3.8, 4) is 11.5 Å². The molecule has 2 heterocycles. The molecule has 0 saturated carbocycles. The minimum atomic E-state index is -4.68. The fourth-order valence-electron chi connectivity index (χ4n) is 3.88. The highest BCUT2D eigenvalue weighted by Crippen LogP contribution is 2.55. The lowest BCUT2D eigenvalue weighted by Crippen LogP contribution is -2.57. The van der Waals surface area contributed by atoms with Crippen molar-refractivity contribution in [2.75, 3.05) is 6.61 Å². The number of carbonyl (C=O) groups is 2. The monoisotopic (exact) mass is 623 g/mol. The van der Waals surface area contributed by atoms with Gasteiger partial charge in [0.1, 0.15) is 16.5 Å². The fraction of sp³-hybridized carbons (Fsp3) is 0.360. The van der Waals surface area contributed by atoms with Gasteiger partial charge in [0.2, 0.25) is 11.5 Å². The molecular weight excluding hydrogens is 601 g/mol. The van der Waals surface area contributed by atoms with Gasteiger partial charge in [-0.2, -0.15) is 8.78 Å². The first-order chi connectivity index (χ1) is 18.7. The van der Waals surface area contributed by atoms with E-state index in [1.54, 1.807) is 38.1 Å². The molecule has 0 unspecified atom stereocenters. The van der Waals surface area contributed by atoms with Crippen LogP contribution >= 0.6 is 18.3 Å². The van der Waals surface area contributed by atoms with Gasteiger partial charge in [-0.1, -0.05) is 47.0 Å². The number of alkyl halides is 4. The Morgan fingerprint density at radius 3 is 2.05 bits per heavy atom. The zero-order valence-corrected chi connectivity index (χ0v) is 23.4. The first kappa shape index (κ1) is 30.4. The Balaban J connectivity index is 1.66. The van der Waals surface area contributed by atoms with Crippen molar-refractivity contribution in [2.45, 2.75) is 50.5 Å². The average Bonchev–Trinajstić information content (AvgIpc) is 3.09. The first-order valence-electron chi connectivity index (χ1n) is 11.7. The zero-order valence-electron chi connectivity index (χ0n) is 20.9. The van der Waals surface area contributed by atoms with Crippen LogP contribution in [0.4, 0.5) is 17.6 Å². The van der Waals surface area contributed by atoms with Crippen LogP contribution in [0.2, 0.25) is 0 Å². The zero-order chi connectivity index (χ0) is 29.5. The molecule has 0 radical (unpaired) electrons. The van der Waals surface area contributed by atoms with Crippen LogP contribution in [-0.2, 0) is 30.7 Å². The van der Waals surface area contributed by atoms with Gasteiger partial charge in [-0.3, -0.25) is 19.0 Å². The molecule has 0 aliphatic carbocycles. The molecule has 3 atom stereocenters. The molecule has 1 saturated heterocycles. The smallest absolute Gasteiger partial charge is 0.416 e. The predicted octanol–water partition coefficient (Wildman–Crippen LogP) is 5.24. The number of Topliss-reactive ketones (excluding diaryl/α,β-unsaturated/α-hetero) is 1. The van der Waals surface area contributed by atoms with E-state index in [4.69, 9.17) is 41.7 Å². The number of halogens is 5. The number of aliphatic hydroxyl groups is 1. The highest BCUT2D eigenvalue weighted by molar-refractivity contribution is 8.07. The summed E-state index contributed by atoms with van der Waals surface area (Å²) in [5.41, 5.74) is -2.07. The Morgan fingerprint density at radius 1 is 1.07 bits per heavy atom. The molecule has 0 aromatic heterocycles. The number of aryl methyl sites for hydroxylation is 2. The molecule has 216 valence electrons. The van der Waals surface area contributed by atoms with Gasteiger partial charge in [-0.05, 0) is 38.1 Å². The maximum Gasteiger partial charge on any atom is 0.435 e. The molecule has 1 N–H and O–H groups in total. The normalized spacial score (nSPS) is 24.8. The number of allylic oxidation sites excluding steroid dienone is 1. The van der Waals surface area contributed by atoms with Crippen molar-refractivity contribution in [1.82, 2.24) is 4.90 Å². The van der Waals surface area contributed by atoms with Gasteiger partial charge in [0.05, 0.1) is 13.0 Å². The van der Waals surface area contributed by atoms with Gasteiger partial charge in [0, 0.05) is 18.0 Å². The predicted molar refractivity (Wildman–Crippen MR) is 139 cm³/mol. The Kier molecular flexibility index (Phi) is 8.66. The number of benzene rings is 2. The molecular formula is C25H23ClF4NO7PS. The quantitative estimate of drug-likeness (QED) is 0.230. The van der Waals surface area contributed by atoms with Gasteiger partial charge in [0.15, 0.2) is 18.1 Å². The second-order valence-corrected chi connectivity index (χ2v) is 12.4. The molecule has 40 heavy (non-hydrogen) atoms. The van der Waals surface area contributed by atoms with Crippen molar-refractivity contribution < 1.29 is 50.6 Å². The van der Waals surface area contributed by atoms with Crippen LogP contribution in [0.15, 0.2) is 59.8 Å². The number of ether oxygens (including phenoxy) is 1. The van der Waals surface area contributed by atoms with Crippen LogP contribution in [0.25, 0.3) is 0 Å². The number of ketones is 1. The van der Waals surface area contributed by atoms with Crippen LogP contribution < -0.4 is 9.05 Å². The van der Waals surface area contributed by atoms with E-state index >= 15 is 8.78 Å². The lowest BCUT2D eigenvalue weighted by molar-refractivity contribution is -0.243. The van der Waals surface area contributed by atoms with Crippen molar-refractivity contribution in [3.63, 3.8) is 0 Å². The number of rotatable bonds is 9. The summed E-state index contributed by atoms with van der Waals surface area (Å²) in [7, 11) is 0. The third-order valence-corrected chi connectivity index (χ3v) is 8.58. The molecule has 0 spiro atoms. The van der Waals surface area contributed by atoms with E-state index in [1.807, 2.05) is 0 Å². The molecule has 2 aromatic carbocycles. The van der Waals surface area contributed by atoms with E-state index in [9.17, 15) is 23.5 Å². The van der Waals surface area contributed by atoms with E-state index in [1.165, 1.54) is 24.3 Å². The number of hydrogen-bond acceptors (Lipinski definition) is 8. The summed E-state index contributed by atoms with van der Waals surface area (Å²) in [6.45, 7) is -2.13. The highest BCUT2D eigenvalue weighted by Gasteiger charge is 2.74. The topological polar surface area (TPSA) is 94.5 Å². The second kappa shape index (κ2) is 11.4. The van der Waals surface area contributed by atoms with Crippen LogP contribution in [0.5, 0.6) is 11.5 Å². The molecule has 2 aliphatic rings. The minimum absolute atomic E-state index is 0.118. The lowest BCUT2D eigenvalue weighted by Gasteiger charge is -2.34. The van der Waals surface area contributed by atoms with Crippen molar-refractivity contribution >= 4 is 41.8 Å². The Bertz CT molecular complexity index is 1310. The fourth-order valence-corrected chi connectivity index (χ4v) is 5.98. The summed E-state index contributed by atoms with van der Waals surface area (Å²) in [6.07, 6.45) is -9.41. The van der Waals surface area contributed by atoms with E-state index < -0.39 is 66.7 Å². The minimum Gasteiger partial charge on any atom is -0.416 e. The summed E-state index contributed by atoms with van der Waals surface area (Å²) < 4.78 is 81.6. The molecule has 1 amide bonds. The average molecular weight is 624 g/mol. The lowest BCUT2D eigenvalue weighted by atomic mass is 9.95. The van der Waals surface area contributed by atoms with E-state index in [0.717, 1.165) is 11.1 Å². The summed E-state index contributed by atoms with van der Waals surface area (Å²) in [6, 6.07) is 12.7. The first-order valence-corrected chi connectivity index (χ1v) is 14.6. The highest BCUT2D eigenvalue weighted by atomic mass is 35.5. The molecule has 4 rings (SSSR count). The molecule has 2 aromatic rings. The summed E-state index contributed by atoms with van der Waals surface area (Å²) in [5, 5.41) is 9.85. The number of nitrogens with zero attached hydrogens (tertiary/aromatic N) is 1. The van der Waals surface area contributed by atoms with Crippen molar-refractivity contribution in [2.24, 2.45) is 0 Å². The van der Waals surface area contributed by atoms with Gasteiger partial charge < -0.3 is 18.9 Å². The van der Waals surface area contributed by atoms with Gasteiger partial charge in [0.25, 0.3) is 6.43 Å². The van der Waals surface area contributed by atoms with Crippen LogP contribution in [0.3, 0.4) is 0 Å². The summed E-state index contributed by atoms with van der Waals surface area (Å²) in [4.78, 5) is 24.4. The van der Waals surface area contributed by atoms with E-state index in [-0.39, 0.29) is 11.5 Å². The summed E-state index contributed by atoms with van der Waals surface area (Å²) >= 11 is 11.1. The molecule has 2 aliphatic heterocycles. The van der Waals surface area contributed by atoms with Crippen LogP contribution in [0.1, 0.15) is 17.5 Å².